The van der Waals surface area contributed by atoms with Gasteiger partial charge in [0.25, 0.3) is 0 Å². The minimum Gasteiger partial charge on any atom is -0.398 e. The third kappa shape index (κ3) is 1.61. The molecule has 2 N–H and O–H groups in total. The fourth-order valence-corrected chi connectivity index (χ4v) is 2.67. The predicted octanol–water partition coefficient (Wildman–Crippen LogP) is 2.12. The first kappa shape index (κ1) is 10.6. The molecule has 1 aromatic rings. The fourth-order valence-electron chi connectivity index (χ4n) is 2.67. The molecule has 0 saturated heterocycles. The molecule has 1 amide bonds. The number of amides is 1. The van der Waals surface area contributed by atoms with Gasteiger partial charge in [-0.2, -0.15) is 0 Å². The van der Waals surface area contributed by atoms with Crippen LogP contribution in [0.4, 0.5) is 11.4 Å². The number of carbonyl (C=O) groups is 1. The molecular weight excluding hydrogens is 212 g/mol. The monoisotopic (exact) mass is 230 g/mol. The summed E-state index contributed by atoms with van der Waals surface area (Å²) < 4.78 is 0. The minimum absolute atomic E-state index is 0.253. The molecular formula is C14H18N2O. The summed E-state index contributed by atoms with van der Waals surface area (Å²) in [5.74, 6) is 1.11. The first-order valence-electron chi connectivity index (χ1n) is 6.28. The number of anilines is 2. The number of nitrogens with two attached hydrogens (primary N) is 1. The van der Waals surface area contributed by atoms with Crippen molar-refractivity contribution in [1.29, 1.82) is 0 Å². The standard InChI is InChI=1S/C14H18N2O/c1-8-6-11(8)14(17)16-4-3-10-5-9(2)12(15)7-13(10)16/h5,7-8,11H,3-4,6,15H2,1-2H3. The first-order chi connectivity index (χ1) is 8.08. The molecule has 2 unspecified atom stereocenters. The van der Waals surface area contributed by atoms with Crippen molar-refractivity contribution in [2.24, 2.45) is 11.8 Å². The lowest BCUT2D eigenvalue weighted by Crippen LogP contribution is -2.30. The molecule has 1 aliphatic heterocycles. The van der Waals surface area contributed by atoms with E-state index in [0.29, 0.717) is 11.8 Å². The molecule has 2 atom stereocenters. The molecule has 0 spiro atoms. The van der Waals surface area contributed by atoms with E-state index < -0.39 is 0 Å². The van der Waals surface area contributed by atoms with Gasteiger partial charge in [-0.1, -0.05) is 13.0 Å². The Labute approximate surface area is 102 Å². The number of fused-ring (bicyclic) bond motifs is 1. The van der Waals surface area contributed by atoms with Crippen LogP contribution in [0.3, 0.4) is 0 Å². The fraction of sp³-hybridized carbons (Fsp3) is 0.500. The smallest absolute Gasteiger partial charge is 0.230 e. The van der Waals surface area contributed by atoms with Crippen LogP contribution in [0.25, 0.3) is 0 Å². The Balaban J connectivity index is 1.93. The molecule has 0 radical (unpaired) electrons. The zero-order chi connectivity index (χ0) is 12.2. The Kier molecular flexibility index (Phi) is 2.18. The van der Waals surface area contributed by atoms with Crippen LogP contribution in [0, 0.1) is 18.8 Å². The molecule has 1 aromatic carbocycles. The summed E-state index contributed by atoms with van der Waals surface area (Å²) in [4.78, 5) is 14.2. The van der Waals surface area contributed by atoms with Crippen molar-refractivity contribution in [2.45, 2.75) is 26.7 Å². The van der Waals surface area contributed by atoms with Gasteiger partial charge >= 0.3 is 0 Å². The van der Waals surface area contributed by atoms with Gasteiger partial charge in [-0.15, -0.1) is 0 Å². The quantitative estimate of drug-likeness (QED) is 0.751. The minimum atomic E-state index is 0.253. The Morgan fingerprint density at radius 3 is 2.82 bits per heavy atom. The lowest BCUT2D eigenvalue weighted by molar-refractivity contribution is -0.119. The summed E-state index contributed by atoms with van der Waals surface area (Å²) in [6, 6.07) is 4.08. The van der Waals surface area contributed by atoms with E-state index in [1.165, 1.54) is 5.56 Å². The largest absolute Gasteiger partial charge is 0.398 e. The normalized spacial score (nSPS) is 25.9. The molecule has 1 saturated carbocycles. The average Bonchev–Trinajstić information content (AvgIpc) is 2.88. The molecule has 1 fully saturated rings. The Morgan fingerprint density at radius 1 is 1.47 bits per heavy atom. The summed E-state index contributed by atoms with van der Waals surface area (Å²) in [6.45, 7) is 4.98. The maximum Gasteiger partial charge on any atom is 0.230 e. The number of carbonyl (C=O) groups excluding carboxylic acids is 1. The lowest BCUT2D eigenvalue weighted by Gasteiger charge is -2.18. The van der Waals surface area contributed by atoms with E-state index in [1.54, 1.807) is 0 Å². The topological polar surface area (TPSA) is 46.3 Å². The van der Waals surface area contributed by atoms with E-state index in [2.05, 4.69) is 13.0 Å². The van der Waals surface area contributed by atoms with Crippen LogP contribution in [0.15, 0.2) is 12.1 Å². The third-order valence-corrected chi connectivity index (χ3v) is 4.06. The van der Waals surface area contributed by atoms with Crippen molar-refractivity contribution in [3.05, 3.63) is 23.3 Å². The van der Waals surface area contributed by atoms with Crippen LogP contribution < -0.4 is 10.6 Å². The van der Waals surface area contributed by atoms with Crippen molar-refractivity contribution < 1.29 is 4.79 Å². The van der Waals surface area contributed by atoms with Gasteiger partial charge in [0.15, 0.2) is 0 Å². The van der Waals surface area contributed by atoms with Crippen LogP contribution in [0.1, 0.15) is 24.5 Å². The first-order valence-corrected chi connectivity index (χ1v) is 6.28. The second-order valence-electron chi connectivity index (χ2n) is 5.40. The van der Waals surface area contributed by atoms with Crippen LogP contribution in [-0.4, -0.2) is 12.5 Å². The molecule has 1 heterocycles. The second-order valence-corrected chi connectivity index (χ2v) is 5.40. The van der Waals surface area contributed by atoms with Gasteiger partial charge in [0, 0.05) is 23.8 Å². The van der Waals surface area contributed by atoms with Crippen molar-refractivity contribution >= 4 is 17.3 Å². The van der Waals surface area contributed by atoms with Crippen LogP contribution in [-0.2, 0) is 11.2 Å². The third-order valence-electron chi connectivity index (χ3n) is 4.06. The van der Waals surface area contributed by atoms with E-state index in [9.17, 15) is 4.79 Å². The van der Waals surface area contributed by atoms with Crippen molar-refractivity contribution in [1.82, 2.24) is 0 Å². The average molecular weight is 230 g/mol. The van der Waals surface area contributed by atoms with Crippen LogP contribution in [0.2, 0.25) is 0 Å². The maximum absolute atomic E-state index is 12.3. The van der Waals surface area contributed by atoms with Crippen molar-refractivity contribution in [3.8, 4) is 0 Å². The summed E-state index contributed by atoms with van der Waals surface area (Å²) in [7, 11) is 0. The number of nitrogen functional groups attached to an aromatic ring is 1. The van der Waals surface area contributed by atoms with Crippen LogP contribution >= 0.6 is 0 Å². The van der Waals surface area contributed by atoms with Gasteiger partial charge in [0.2, 0.25) is 5.91 Å². The SMILES string of the molecule is Cc1cc2c(cc1N)N(C(=O)C1CC1C)CC2. The lowest BCUT2D eigenvalue weighted by atomic mass is 10.1. The van der Waals surface area contributed by atoms with Gasteiger partial charge in [0.1, 0.15) is 0 Å². The van der Waals surface area contributed by atoms with Crippen molar-refractivity contribution in [3.63, 3.8) is 0 Å². The number of nitrogens with zero attached hydrogens (tertiary/aromatic N) is 1. The summed E-state index contributed by atoms with van der Waals surface area (Å²) in [6.07, 6.45) is 2.01. The molecule has 2 aliphatic rings. The summed E-state index contributed by atoms with van der Waals surface area (Å²) >= 11 is 0. The number of benzene rings is 1. The molecule has 1 aliphatic carbocycles. The van der Waals surface area contributed by atoms with E-state index >= 15 is 0 Å². The molecule has 3 nitrogen and oxygen atoms in total. The molecule has 3 heteroatoms. The number of aryl methyl sites for hydroxylation is 1. The molecule has 0 bridgehead atoms. The van der Waals surface area contributed by atoms with E-state index in [-0.39, 0.29) is 5.92 Å². The van der Waals surface area contributed by atoms with Gasteiger partial charge in [-0.05, 0) is 42.9 Å². The number of hydrogen-bond acceptors (Lipinski definition) is 2. The Hall–Kier alpha value is -1.51. The molecule has 3 rings (SSSR count). The highest BCUT2D eigenvalue weighted by Gasteiger charge is 2.43. The zero-order valence-electron chi connectivity index (χ0n) is 10.4. The van der Waals surface area contributed by atoms with E-state index in [4.69, 9.17) is 5.73 Å². The van der Waals surface area contributed by atoms with Gasteiger partial charge in [-0.3, -0.25) is 4.79 Å². The molecule has 17 heavy (non-hydrogen) atoms. The van der Waals surface area contributed by atoms with Gasteiger partial charge < -0.3 is 10.6 Å². The molecule has 90 valence electrons. The second kappa shape index (κ2) is 3.49. The summed E-state index contributed by atoms with van der Waals surface area (Å²) in [5.41, 5.74) is 10.1. The highest BCUT2D eigenvalue weighted by Crippen LogP contribution is 2.42. The van der Waals surface area contributed by atoms with E-state index in [1.807, 2.05) is 17.9 Å². The Bertz CT molecular complexity index is 495. The highest BCUT2D eigenvalue weighted by atomic mass is 16.2. The van der Waals surface area contributed by atoms with E-state index in [0.717, 1.165) is 36.3 Å². The summed E-state index contributed by atoms with van der Waals surface area (Å²) in [5, 5.41) is 0. The highest BCUT2D eigenvalue weighted by molar-refractivity contribution is 5.99. The number of rotatable bonds is 1. The maximum atomic E-state index is 12.3. The molecule has 0 aromatic heterocycles. The number of hydrogen-bond donors (Lipinski definition) is 1. The Morgan fingerprint density at radius 2 is 2.18 bits per heavy atom. The van der Waals surface area contributed by atoms with Crippen LogP contribution in [0.5, 0.6) is 0 Å². The van der Waals surface area contributed by atoms with Gasteiger partial charge in [0.05, 0.1) is 0 Å². The zero-order valence-corrected chi connectivity index (χ0v) is 10.4. The van der Waals surface area contributed by atoms with Crippen molar-refractivity contribution in [2.75, 3.05) is 17.2 Å². The van der Waals surface area contributed by atoms with Gasteiger partial charge in [-0.25, -0.2) is 0 Å². The predicted molar refractivity (Wildman–Crippen MR) is 68.9 cm³/mol.